The molecular formula is C17H34O. The molecule has 0 bridgehead atoms. The largest absolute Gasteiger partial charge is 0.396 e. The lowest BCUT2D eigenvalue weighted by molar-refractivity contribution is 0.282. The van der Waals surface area contributed by atoms with E-state index in [0.717, 1.165) is 6.42 Å². The van der Waals surface area contributed by atoms with Gasteiger partial charge in [0.2, 0.25) is 0 Å². The first kappa shape index (κ1) is 17.7. The molecule has 0 aromatic carbocycles. The highest BCUT2D eigenvalue weighted by Crippen LogP contribution is 2.10. The molecule has 0 rings (SSSR count). The molecule has 0 saturated carbocycles. The van der Waals surface area contributed by atoms with Gasteiger partial charge in [0.1, 0.15) is 0 Å². The Hall–Kier alpha value is -0.300. The number of aliphatic hydroxyl groups is 1. The monoisotopic (exact) mass is 254 g/mol. The second-order valence-corrected chi connectivity index (χ2v) is 5.31. The van der Waals surface area contributed by atoms with E-state index in [2.05, 4.69) is 19.1 Å². The minimum atomic E-state index is 0.366. The number of aliphatic hydroxyl groups excluding tert-OH is 1. The van der Waals surface area contributed by atoms with Gasteiger partial charge in [-0.3, -0.25) is 0 Å². The topological polar surface area (TPSA) is 20.2 Å². The van der Waals surface area contributed by atoms with Gasteiger partial charge in [-0.2, -0.15) is 0 Å². The van der Waals surface area contributed by atoms with Gasteiger partial charge < -0.3 is 5.11 Å². The van der Waals surface area contributed by atoms with E-state index in [1.54, 1.807) is 0 Å². The number of unbranched alkanes of at least 4 members (excludes halogenated alkanes) is 11. The van der Waals surface area contributed by atoms with Gasteiger partial charge in [0.25, 0.3) is 0 Å². The van der Waals surface area contributed by atoms with Crippen molar-refractivity contribution in [2.75, 3.05) is 6.61 Å². The lowest BCUT2D eigenvalue weighted by Crippen LogP contribution is -1.84. The highest BCUT2D eigenvalue weighted by molar-refractivity contribution is 4.81. The molecule has 0 aliphatic carbocycles. The second-order valence-electron chi connectivity index (χ2n) is 5.31. The Morgan fingerprint density at radius 3 is 1.56 bits per heavy atom. The fourth-order valence-corrected chi connectivity index (χ4v) is 2.18. The summed E-state index contributed by atoms with van der Waals surface area (Å²) in [6.07, 6.45) is 21.7. The van der Waals surface area contributed by atoms with Crippen LogP contribution in [0.15, 0.2) is 12.2 Å². The van der Waals surface area contributed by atoms with E-state index in [9.17, 15) is 0 Å². The van der Waals surface area contributed by atoms with E-state index in [4.69, 9.17) is 5.11 Å². The van der Waals surface area contributed by atoms with E-state index in [1.807, 2.05) is 0 Å². The molecule has 0 spiro atoms. The molecule has 1 N–H and O–H groups in total. The minimum Gasteiger partial charge on any atom is -0.396 e. The average molecular weight is 254 g/mol. The normalized spacial score (nSPS) is 11.4. The first-order chi connectivity index (χ1) is 8.91. The third kappa shape index (κ3) is 15.7. The standard InChI is InChI=1S/C17H34O/c1-2-3-4-5-6-7-8-9-10-11-12-13-14-15-16-17-18/h6-7,18H,2-5,8-17H2,1H3/b7-6+. The van der Waals surface area contributed by atoms with Crippen molar-refractivity contribution in [2.24, 2.45) is 0 Å². The molecule has 0 aliphatic heterocycles. The van der Waals surface area contributed by atoms with Crippen molar-refractivity contribution < 1.29 is 5.11 Å². The van der Waals surface area contributed by atoms with Crippen LogP contribution in [0.5, 0.6) is 0 Å². The highest BCUT2D eigenvalue weighted by atomic mass is 16.2. The molecule has 108 valence electrons. The van der Waals surface area contributed by atoms with Crippen molar-refractivity contribution in [1.29, 1.82) is 0 Å². The zero-order valence-electron chi connectivity index (χ0n) is 12.5. The summed E-state index contributed by atoms with van der Waals surface area (Å²) in [6.45, 7) is 2.62. The van der Waals surface area contributed by atoms with Crippen LogP contribution >= 0.6 is 0 Å². The molecule has 1 nitrogen and oxygen atoms in total. The molecule has 0 aromatic rings. The minimum absolute atomic E-state index is 0.366. The Kier molecular flexibility index (Phi) is 16.4. The summed E-state index contributed by atoms with van der Waals surface area (Å²) < 4.78 is 0. The summed E-state index contributed by atoms with van der Waals surface area (Å²) >= 11 is 0. The molecule has 0 unspecified atom stereocenters. The van der Waals surface area contributed by atoms with Gasteiger partial charge in [0.05, 0.1) is 0 Å². The molecule has 0 heterocycles. The maximum absolute atomic E-state index is 8.65. The zero-order chi connectivity index (χ0) is 13.3. The first-order valence-electron chi connectivity index (χ1n) is 8.17. The van der Waals surface area contributed by atoms with Crippen molar-refractivity contribution in [3.63, 3.8) is 0 Å². The number of allylic oxidation sites excluding steroid dienone is 2. The maximum Gasteiger partial charge on any atom is 0.0431 e. The Balaban J connectivity index is 2.98. The Morgan fingerprint density at radius 2 is 1.06 bits per heavy atom. The molecule has 0 aliphatic rings. The van der Waals surface area contributed by atoms with Crippen LogP contribution in [0, 0.1) is 0 Å². The van der Waals surface area contributed by atoms with Crippen LogP contribution < -0.4 is 0 Å². The van der Waals surface area contributed by atoms with Crippen molar-refractivity contribution in [1.82, 2.24) is 0 Å². The zero-order valence-corrected chi connectivity index (χ0v) is 12.5. The smallest absolute Gasteiger partial charge is 0.0431 e. The summed E-state index contributed by atoms with van der Waals surface area (Å²) in [4.78, 5) is 0. The molecular weight excluding hydrogens is 220 g/mol. The maximum atomic E-state index is 8.65. The molecule has 0 amide bonds. The molecule has 18 heavy (non-hydrogen) atoms. The predicted octanol–water partition coefficient (Wildman–Crippen LogP) is 5.63. The summed E-state index contributed by atoms with van der Waals surface area (Å²) in [5.74, 6) is 0. The summed E-state index contributed by atoms with van der Waals surface area (Å²) in [5.41, 5.74) is 0. The quantitative estimate of drug-likeness (QED) is 0.315. The van der Waals surface area contributed by atoms with Crippen LogP contribution in [-0.4, -0.2) is 11.7 Å². The number of hydrogen-bond donors (Lipinski definition) is 1. The Labute approximate surface area is 115 Å². The van der Waals surface area contributed by atoms with Crippen LogP contribution in [0.2, 0.25) is 0 Å². The van der Waals surface area contributed by atoms with Crippen LogP contribution in [0.25, 0.3) is 0 Å². The highest BCUT2D eigenvalue weighted by Gasteiger charge is 1.91. The van der Waals surface area contributed by atoms with Gasteiger partial charge >= 0.3 is 0 Å². The number of hydrogen-bond acceptors (Lipinski definition) is 1. The van der Waals surface area contributed by atoms with Crippen LogP contribution in [0.3, 0.4) is 0 Å². The van der Waals surface area contributed by atoms with Crippen LogP contribution in [0.1, 0.15) is 90.4 Å². The van der Waals surface area contributed by atoms with E-state index >= 15 is 0 Å². The van der Waals surface area contributed by atoms with E-state index in [1.165, 1.54) is 77.0 Å². The first-order valence-corrected chi connectivity index (χ1v) is 8.17. The fraction of sp³-hybridized carbons (Fsp3) is 0.882. The summed E-state index contributed by atoms with van der Waals surface area (Å²) in [5, 5.41) is 8.65. The van der Waals surface area contributed by atoms with Crippen LogP contribution in [0.4, 0.5) is 0 Å². The fourth-order valence-electron chi connectivity index (χ4n) is 2.18. The second kappa shape index (κ2) is 16.7. The third-order valence-electron chi connectivity index (χ3n) is 3.42. The molecule has 0 saturated heterocycles. The van der Waals surface area contributed by atoms with E-state index in [-0.39, 0.29) is 0 Å². The van der Waals surface area contributed by atoms with Gasteiger partial charge in [-0.05, 0) is 32.1 Å². The van der Waals surface area contributed by atoms with Crippen LogP contribution in [-0.2, 0) is 0 Å². The molecule has 0 fully saturated rings. The lowest BCUT2D eigenvalue weighted by Gasteiger charge is -2.00. The molecule has 0 atom stereocenters. The Bertz CT molecular complexity index is 163. The van der Waals surface area contributed by atoms with Gasteiger partial charge in [-0.15, -0.1) is 0 Å². The molecule has 1 heteroatoms. The van der Waals surface area contributed by atoms with E-state index in [0.29, 0.717) is 6.61 Å². The molecule has 0 aromatic heterocycles. The SMILES string of the molecule is CCCCC/C=C/CCCCCCCCCCO. The van der Waals surface area contributed by atoms with Crippen molar-refractivity contribution in [2.45, 2.75) is 90.4 Å². The van der Waals surface area contributed by atoms with E-state index < -0.39 is 0 Å². The van der Waals surface area contributed by atoms with Gasteiger partial charge in [0.15, 0.2) is 0 Å². The third-order valence-corrected chi connectivity index (χ3v) is 3.42. The van der Waals surface area contributed by atoms with Crippen molar-refractivity contribution in [3.05, 3.63) is 12.2 Å². The average Bonchev–Trinajstić information content (AvgIpc) is 2.39. The van der Waals surface area contributed by atoms with Gasteiger partial charge in [-0.1, -0.05) is 70.4 Å². The molecule has 0 radical (unpaired) electrons. The van der Waals surface area contributed by atoms with Gasteiger partial charge in [-0.25, -0.2) is 0 Å². The van der Waals surface area contributed by atoms with Gasteiger partial charge in [0, 0.05) is 6.61 Å². The van der Waals surface area contributed by atoms with Crippen molar-refractivity contribution in [3.8, 4) is 0 Å². The summed E-state index contributed by atoms with van der Waals surface area (Å²) in [7, 11) is 0. The Morgan fingerprint density at radius 1 is 0.611 bits per heavy atom. The predicted molar refractivity (Wildman–Crippen MR) is 81.9 cm³/mol. The van der Waals surface area contributed by atoms with Crippen molar-refractivity contribution >= 4 is 0 Å². The summed E-state index contributed by atoms with van der Waals surface area (Å²) in [6, 6.07) is 0. The lowest BCUT2D eigenvalue weighted by atomic mass is 10.1. The number of rotatable bonds is 14.